The van der Waals surface area contributed by atoms with E-state index in [4.69, 9.17) is 6.58 Å². The maximum Gasteiger partial charge on any atom is 0.154 e. The van der Waals surface area contributed by atoms with Crippen LogP contribution in [0.15, 0.2) is 18.5 Å². The van der Waals surface area contributed by atoms with Crippen molar-refractivity contribution in [1.82, 2.24) is 9.97 Å². The van der Waals surface area contributed by atoms with Crippen molar-refractivity contribution in [1.29, 1.82) is 0 Å². The monoisotopic (exact) mass is 119 g/mol. The zero-order chi connectivity index (χ0) is 6.69. The molecule has 2 nitrogen and oxygen atoms in total. The lowest BCUT2D eigenvalue weighted by atomic mass is 10.3. The molecule has 0 aromatic carbocycles. The first-order valence-corrected chi connectivity index (χ1v) is 2.67. The molecule has 45 valence electrons. The van der Waals surface area contributed by atoms with Gasteiger partial charge in [-0.2, -0.15) is 0 Å². The molecule has 0 fully saturated rings. The van der Waals surface area contributed by atoms with Crippen LogP contribution in [0.5, 0.6) is 0 Å². The summed E-state index contributed by atoms with van der Waals surface area (Å²) < 4.78 is 0. The average Bonchev–Trinajstić information content (AvgIpc) is 1.90. The quantitative estimate of drug-likeness (QED) is 0.557. The zero-order valence-corrected chi connectivity index (χ0v) is 5.20. The molecule has 0 saturated heterocycles. The molecule has 0 spiro atoms. The molecule has 1 heterocycles. The van der Waals surface area contributed by atoms with Crippen molar-refractivity contribution in [3.63, 3.8) is 0 Å². The molecule has 0 unspecified atom stereocenters. The Bertz CT molecular complexity index is 203. The van der Waals surface area contributed by atoms with Crippen LogP contribution in [-0.2, 0) is 0 Å². The van der Waals surface area contributed by atoms with E-state index in [-0.39, 0.29) is 0 Å². The summed E-state index contributed by atoms with van der Waals surface area (Å²) in [6, 6.07) is 1.76. The van der Waals surface area contributed by atoms with Crippen LogP contribution in [0, 0.1) is 6.58 Å². The first kappa shape index (κ1) is 5.95. The van der Waals surface area contributed by atoms with Crippen LogP contribution in [0.2, 0.25) is 0 Å². The van der Waals surface area contributed by atoms with Gasteiger partial charge in [0.25, 0.3) is 0 Å². The summed E-state index contributed by atoms with van der Waals surface area (Å²) in [6.07, 6.45) is 3.33. The Balaban J connectivity index is 2.98. The minimum Gasteiger partial charge on any atom is -0.237 e. The summed E-state index contributed by atoms with van der Waals surface area (Å²) in [4.78, 5) is 7.81. The predicted molar refractivity (Wildman–Crippen MR) is 35.4 cm³/mol. The molecular formula is C7H7N2. The summed E-state index contributed by atoms with van der Waals surface area (Å²) in [6.45, 7) is 7.18. The van der Waals surface area contributed by atoms with Gasteiger partial charge in [0.2, 0.25) is 0 Å². The Labute approximate surface area is 54.3 Å². The number of hydrogen-bond donors (Lipinski definition) is 0. The van der Waals surface area contributed by atoms with Crippen molar-refractivity contribution in [2.45, 2.75) is 6.92 Å². The van der Waals surface area contributed by atoms with Crippen LogP contribution in [0.4, 0.5) is 0 Å². The van der Waals surface area contributed by atoms with Crippen LogP contribution in [-0.4, -0.2) is 9.97 Å². The maximum atomic E-state index is 5.41. The van der Waals surface area contributed by atoms with E-state index >= 15 is 0 Å². The first-order valence-electron chi connectivity index (χ1n) is 2.67. The van der Waals surface area contributed by atoms with Gasteiger partial charge in [0.1, 0.15) is 0 Å². The fraction of sp³-hybridized carbons (Fsp3) is 0.143. The van der Waals surface area contributed by atoms with Gasteiger partial charge in [-0.25, -0.2) is 9.97 Å². The van der Waals surface area contributed by atoms with Gasteiger partial charge in [-0.3, -0.25) is 0 Å². The third-order valence-corrected chi connectivity index (χ3v) is 0.918. The molecular weight excluding hydrogens is 112 g/mol. The van der Waals surface area contributed by atoms with Crippen LogP contribution in [0.1, 0.15) is 12.7 Å². The van der Waals surface area contributed by atoms with Gasteiger partial charge in [-0.15, -0.1) is 0 Å². The molecule has 0 aliphatic heterocycles. The molecule has 9 heavy (non-hydrogen) atoms. The number of hydrogen-bond acceptors (Lipinski definition) is 2. The van der Waals surface area contributed by atoms with E-state index in [1.165, 1.54) is 0 Å². The second kappa shape index (κ2) is 2.40. The van der Waals surface area contributed by atoms with E-state index in [1.807, 2.05) is 0 Å². The van der Waals surface area contributed by atoms with Crippen molar-refractivity contribution in [2.24, 2.45) is 0 Å². The topological polar surface area (TPSA) is 25.8 Å². The molecule has 0 aliphatic carbocycles. The van der Waals surface area contributed by atoms with E-state index in [9.17, 15) is 0 Å². The molecule has 0 amide bonds. The number of aromatic nitrogens is 2. The Kier molecular flexibility index (Phi) is 1.58. The minimum atomic E-state index is 0.609. The lowest BCUT2D eigenvalue weighted by Crippen LogP contribution is -1.86. The fourth-order valence-electron chi connectivity index (χ4n) is 0.503. The minimum absolute atomic E-state index is 0.609. The van der Waals surface area contributed by atoms with E-state index in [1.54, 1.807) is 25.4 Å². The molecule has 1 radical (unpaired) electrons. The smallest absolute Gasteiger partial charge is 0.154 e. The molecule has 0 bridgehead atoms. The van der Waals surface area contributed by atoms with E-state index in [0.29, 0.717) is 11.4 Å². The van der Waals surface area contributed by atoms with Crippen molar-refractivity contribution in [3.8, 4) is 0 Å². The zero-order valence-electron chi connectivity index (χ0n) is 5.20. The van der Waals surface area contributed by atoms with Gasteiger partial charge >= 0.3 is 0 Å². The van der Waals surface area contributed by atoms with Crippen molar-refractivity contribution in [3.05, 3.63) is 30.9 Å². The third-order valence-electron chi connectivity index (χ3n) is 0.918. The van der Waals surface area contributed by atoms with E-state index in [0.717, 1.165) is 0 Å². The summed E-state index contributed by atoms with van der Waals surface area (Å²) in [7, 11) is 0. The number of rotatable bonds is 1. The lowest BCUT2D eigenvalue weighted by Gasteiger charge is -1.91. The standard InChI is InChI=1S/C7H7N2/c1-6(2)7-8-4-3-5-9-7/h1,3-5H,2H3. The highest BCUT2D eigenvalue weighted by atomic mass is 14.8. The van der Waals surface area contributed by atoms with Crippen molar-refractivity contribution >= 4 is 5.57 Å². The summed E-state index contributed by atoms with van der Waals surface area (Å²) in [5.74, 6) is 0.609. The van der Waals surface area contributed by atoms with Crippen molar-refractivity contribution in [2.75, 3.05) is 0 Å². The summed E-state index contributed by atoms with van der Waals surface area (Å²) >= 11 is 0. The Morgan fingerprint density at radius 3 is 2.33 bits per heavy atom. The summed E-state index contributed by atoms with van der Waals surface area (Å²) in [5, 5.41) is 0. The molecule has 0 atom stereocenters. The maximum absolute atomic E-state index is 5.41. The molecule has 1 aromatic rings. The molecule has 0 N–H and O–H groups in total. The van der Waals surface area contributed by atoms with Gasteiger partial charge in [0.05, 0.1) is 0 Å². The van der Waals surface area contributed by atoms with Gasteiger partial charge in [-0.05, 0) is 18.6 Å². The summed E-state index contributed by atoms with van der Waals surface area (Å²) in [5.41, 5.74) is 0.649. The normalized spacial score (nSPS) is 9.00. The average molecular weight is 119 g/mol. The Morgan fingerprint density at radius 2 is 2.00 bits per heavy atom. The third kappa shape index (κ3) is 1.35. The number of nitrogens with zero attached hydrogens (tertiary/aromatic N) is 2. The highest BCUT2D eigenvalue weighted by Gasteiger charge is 1.90. The predicted octanol–water partition coefficient (Wildman–Crippen LogP) is 1.31. The largest absolute Gasteiger partial charge is 0.237 e. The van der Waals surface area contributed by atoms with Gasteiger partial charge in [0, 0.05) is 12.4 Å². The molecule has 2 heteroatoms. The second-order valence-electron chi connectivity index (χ2n) is 1.76. The number of allylic oxidation sites excluding steroid dienone is 1. The molecule has 0 saturated carbocycles. The Morgan fingerprint density at radius 1 is 1.44 bits per heavy atom. The Hall–Kier alpha value is -1.18. The van der Waals surface area contributed by atoms with E-state index < -0.39 is 0 Å². The lowest BCUT2D eigenvalue weighted by molar-refractivity contribution is 1.11. The first-order chi connectivity index (χ1) is 4.30. The van der Waals surface area contributed by atoms with Gasteiger partial charge in [-0.1, -0.05) is 6.58 Å². The SMILES string of the molecule is [CH]=C(C)c1ncccn1. The van der Waals surface area contributed by atoms with Crippen molar-refractivity contribution < 1.29 is 0 Å². The van der Waals surface area contributed by atoms with Crippen LogP contribution < -0.4 is 0 Å². The van der Waals surface area contributed by atoms with Gasteiger partial charge < -0.3 is 0 Å². The highest BCUT2D eigenvalue weighted by molar-refractivity contribution is 5.51. The molecule has 1 rings (SSSR count). The molecule has 1 aromatic heterocycles. The van der Waals surface area contributed by atoms with Crippen LogP contribution in [0.25, 0.3) is 5.57 Å². The van der Waals surface area contributed by atoms with Crippen LogP contribution in [0.3, 0.4) is 0 Å². The van der Waals surface area contributed by atoms with Gasteiger partial charge in [0.15, 0.2) is 5.82 Å². The van der Waals surface area contributed by atoms with E-state index in [2.05, 4.69) is 9.97 Å². The fourth-order valence-corrected chi connectivity index (χ4v) is 0.503. The second-order valence-corrected chi connectivity index (χ2v) is 1.76. The highest BCUT2D eigenvalue weighted by Crippen LogP contribution is 2.00. The molecule has 0 aliphatic rings. The van der Waals surface area contributed by atoms with Crippen LogP contribution >= 0.6 is 0 Å².